The lowest BCUT2D eigenvalue weighted by Crippen LogP contribution is -2.54. The lowest BCUT2D eigenvalue weighted by Gasteiger charge is -2.28. The van der Waals surface area contributed by atoms with E-state index in [4.69, 9.17) is 4.74 Å². The maximum atomic E-state index is 12.1. The van der Waals surface area contributed by atoms with Crippen LogP contribution in [0.1, 0.15) is 13.3 Å². The molecule has 0 bridgehead atoms. The molecule has 112 valence electrons. The van der Waals surface area contributed by atoms with Crippen molar-refractivity contribution in [3.63, 3.8) is 0 Å². The normalized spacial score (nSPS) is 30.6. The van der Waals surface area contributed by atoms with E-state index in [0.29, 0.717) is 19.5 Å². The molecule has 2 aliphatic heterocycles. The van der Waals surface area contributed by atoms with E-state index in [1.54, 1.807) is 6.92 Å². The third-order valence-electron chi connectivity index (χ3n) is 3.79. The molecule has 0 aromatic rings. The fourth-order valence-corrected chi connectivity index (χ4v) is 2.30. The number of carbonyl (C=O) groups is 3. The number of aliphatic carboxylic acids is 1. The summed E-state index contributed by atoms with van der Waals surface area (Å²) in [6, 6.07) is -1.02. The first kappa shape index (κ1) is 14.6. The van der Waals surface area contributed by atoms with Crippen molar-refractivity contribution in [2.75, 3.05) is 32.8 Å². The summed E-state index contributed by atoms with van der Waals surface area (Å²) in [4.78, 5) is 36.2. The van der Waals surface area contributed by atoms with Crippen LogP contribution in [0.2, 0.25) is 0 Å². The van der Waals surface area contributed by atoms with Crippen LogP contribution in [0.5, 0.6) is 0 Å². The molecule has 2 aliphatic rings. The minimum atomic E-state index is -1.14. The molecule has 2 heterocycles. The Kier molecular flexibility index (Phi) is 4.12. The van der Waals surface area contributed by atoms with Gasteiger partial charge in [-0.3, -0.25) is 9.59 Å². The number of nitrogens with one attached hydrogen (secondary N) is 2. The molecule has 2 unspecified atom stereocenters. The predicted octanol–water partition coefficient (Wildman–Crippen LogP) is -0.992. The molecule has 20 heavy (non-hydrogen) atoms. The molecule has 2 fully saturated rings. The highest BCUT2D eigenvalue weighted by molar-refractivity contribution is 5.85. The quantitative estimate of drug-likeness (QED) is 0.603. The van der Waals surface area contributed by atoms with Gasteiger partial charge in [0.1, 0.15) is 12.0 Å². The van der Waals surface area contributed by atoms with E-state index in [1.165, 1.54) is 4.90 Å². The summed E-state index contributed by atoms with van der Waals surface area (Å²) in [5.74, 6) is -1.21. The van der Waals surface area contributed by atoms with Crippen molar-refractivity contribution in [2.24, 2.45) is 5.41 Å². The number of nitrogens with zero attached hydrogens (tertiary/aromatic N) is 1. The SMILES string of the molecule is CC1(C(=O)O)COCC1NC(=O)N1CCCNC(=O)C1. The van der Waals surface area contributed by atoms with Gasteiger partial charge < -0.3 is 25.4 Å². The van der Waals surface area contributed by atoms with Crippen molar-refractivity contribution in [2.45, 2.75) is 19.4 Å². The van der Waals surface area contributed by atoms with Gasteiger partial charge in [-0.05, 0) is 13.3 Å². The van der Waals surface area contributed by atoms with Gasteiger partial charge in [0.05, 0.1) is 19.3 Å². The number of carbonyl (C=O) groups excluding carboxylic acids is 2. The number of hydrogen-bond donors (Lipinski definition) is 3. The smallest absolute Gasteiger partial charge is 0.318 e. The summed E-state index contributed by atoms with van der Waals surface area (Å²) < 4.78 is 5.17. The number of urea groups is 1. The zero-order valence-corrected chi connectivity index (χ0v) is 11.3. The molecule has 2 atom stereocenters. The van der Waals surface area contributed by atoms with E-state index < -0.39 is 23.5 Å². The molecule has 2 rings (SSSR count). The summed E-state index contributed by atoms with van der Waals surface area (Å²) in [5.41, 5.74) is -1.14. The van der Waals surface area contributed by atoms with E-state index in [0.717, 1.165) is 0 Å². The van der Waals surface area contributed by atoms with Crippen molar-refractivity contribution >= 4 is 17.9 Å². The highest BCUT2D eigenvalue weighted by Crippen LogP contribution is 2.28. The molecule has 2 saturated heterocycles. The minimum Gasteiger partial charge on any atom is -0.481 e. The molecule has 8 heteroatoms. The molecule has 3 N–H and O–H groups in total. The van der Waals surface area contributed by atoms with E-state index >= 15 is 0 Å². The van der Waals surface area contributed by atoms with Gasteiger partial charge in [0.2, 0.25) is 5.91 Å². The van der Waals surface area contributed by atoms with Crippen molar-refractivity contribution in [1.82, 2.24) is 15.5 Å². The Morgan fingerprint density at radius 2 is 2.30 bits per heavy atom. The second-order valence-electron chi connectivity index (χ2n) is 5.36. The Morgan fingerprint density at radius 1 is 1.55 bits per heavy atom. The third kappa shape index (κ3) is 2.84. The van der Waals surface area contributed by atoms with Crippen LogP contribution in [-0.2, 0) is 14.3 Å². The number of carboxylic acid groups (broad SMARTS) is 1. The molecule has 0 radical (unpaired) electrons. The molecule has 0 spiro atoms. The molecular formula is C12H19N3O5. The van der Waals surface area contributed by atoms with Crippen LogP contribution in [0.3, 0.4) is 0 Å². The molecule has 0 aromatic heterocycles. The predicted molar refractivity (Wildman–Crippen MR) is 68.1 cm³/mol. The van der Waals surface area contributed by atoms with Crippen molar-refractivity contribution in [1.29, 1.82) is 0 Å². The van der Waals surface area contributed by atoms with Gasteiger partial charge in [-0.15, -0.1) is 0 Å². The minimum absolute atomic E-state index is 0.0107. The van der Waals surface area contributed by atoms with Gasteiger partial charge in [-0.25, -0.2) is 4.79 Å². The van der Waals surface area contributed by atoms with Gasteiger partial charge in [-0.2, -0.15) is 0 Å². The Morgan fingerprint density at radius 3 is 3.00 bits per heavy atom. The van der Waals surface area contributed by atoms with E-state index in [2.05, 4.69) is 10.6 Å². The van der Waals surface area contributed by atoms with Crippen LogP contribution in [-0.4, -0.2) is 66.8 Å². The van der Waals surface area contributed by atoms with Crippen LogP contribution in [0.4, 0.5) is 4.79 Å². The molecule has 8 nitrogen and oxygen atoms in total. The molecule has 0 saturated carbocycles. The van der Waals surface area contributed by atoms with Gasteiger partial charge in [0.15, 0.2) is 0 Å². The summed E-state index contributed by atoms with van der Waals surface area (Å²) >= 11 is 0. The zero-order chi connectivity index (χ0) is 14.8. The van der Waals surface area contributed by atoms with E-state index in [1.807, 2.05) is 0 Å². The van der Waals surface area contributed by atoms with Crippen molar-refractivity contribution in [3.8, 4) is 0 Å². The molecule has 0 aliphatic carbocycles. The first-order chi connectivity index (χ1) is 9.43. The van der Waals surface area contributed by atoms with Crippen molar-refractivity contribution in [3.05, 3.63) is 0 Å². The first-order valence-corrected chi connectivity index (χ1v) is 6.57. The number of carboxylic acids is 1. The number of amides is 3. The van der Waals surface area contributed by atoms with Crippen molar-refractivity contribution < 1.29 is 24.2 Å². The second-order valence-corrected chi connectivity index (χ2v) is 5.36. The largest absolute Gasteiger partial charge is 0.481 e. The summed E-state index contributed by atoms with van der Waals surface area (Å²) in [6.45, 7) is 2.76. The van der Waals surface area contributed by atoms with E-state index in [9.17, 15) is 19.5 Å². The average molecular weight is 285 g/mol. The first-order valence-electron chi connectivity index (χ1n) is 6.57. The summed E-state index contributed by atoms with van der Waals surface area (Å²) in [7, 11) is 0. The Bertz CT molecular complexity index is 427. The van der Waals surface area contributed by atoms with Gasteiger partial charge in [0, 0.05) is 13.1 Å². The van der Waals surface area contributed by atoms with Gasteiger partial charge >= 0.3 is 12.0 Å². The van der Waals surface area contributed by atoms with Crippen LogP contribution in [0.25, 0.3) is 0 Å². The average Bonchev–Trinajstić information content (AvgIpc) is 2.62. The van der Waals surface area contributed by atoms with Crippen LogP contribution in [0, 0.1) is 5.41 Å². The third-order valence-corrected chi connectivity index (χ3v) is 3.79. The number of hydrogen-bond acceptors (Lipinski definition) is 4. The van der Waals surface area contributed by atoms with Crippen LogP contribution in [0.15, 0.2) is 0 Å². The fourth-order valence-electron chi connectivity index (χ4n) is 2.30. The molecule has 3 amide bonds. The van der Waals surface area contributed by atoms with Crippen LogP contribution >= 0.6 is 0 Å². The van der Waals surface area contributed by atoms with Gasteiger partial charge in [0.25, 0.3) is 0 Å². The summed E-state index contributed by atoms with van der Waals surface area (Å²) in [5, 5.41) is 14.6. The van der Waals surface area contributed by atoms with E-state index in [-0.39, 0.29) is 25.7 Å². The Hall–Kier alpha value is -1.83. The lowest BCUT2D eigenvalue weighted by molar-refractivity contribution is -0.148. The monoisotopic (exact) mass is 285 g/mol. The second kappa shape index (κ2) is 5.66. The Labute approximate surface area is 116 Å². The standard InChI is InChI=1S/C12H19N3O5/c1-12(10(17)18)7-20-6-8(12)14-11(19)15-4-2-3-13-9(16)5-15/h8H,2-7H2,1H3,(H,13,16)(H,14,19)(H,17,18). The highest BCUT2D eigenvalue weighted by atomic mass is 16.5. The molecule has 0 aromatic carbocycles. The zero-order valence-electron chi connectivity index (χ0n) is 11.3. The highest BCUT2D eigenvalue weighted by Gasteiger charge is 2.47. The maximum absolute atomic E-state index is 12.1. The topological polar surface area (TPSA) is 108 Å². The lowest BCUT2D eigenvalue weighted by atomic mass is 9.85. The Balaban J connectivity index is 2.00. The van der Waals surface area contributed by atoms with Gasteiger partial charge in [-0.1, -0.05) is 0 Å². The maximum Gasteiger partial charge on any atom is 0.318 e. The van der Waals surface area contributed by atoms with Crippen LogP contribution < -0.4 is 10.6 Å². The number of ether oxygens (including phenoxy) is 1. The molecular weight excluding hydrogens is 266 g/mol. The fraction of sp³-hybridized carbons (Fsp3) is 0.750. The summed E-state index contributed by atoms with van der Waals surface area (Å²) in [6.07, 6.45) is 0.677. The number of rotatable bonds is 2.